The van der Waals surface area contributed by atoms with E-state index < -0.39 is 6.43 Å². The van der Waals surface area contributed by atoms with Crippen molar-refractivity contribution in [1.29, 1.82) is 0 Å². The van der Waals surface area contributed by atoms with Gasteiger partial charge >= 0.3 is 0 Å². The summed E-state index contributed by atoms with van der Waals surface area (Å²) in [5.74, 6) is 0.531. The van der Waals surface area contributed by atoms with Crippen molar-refractivity contribution >= 4 is 0 Å². The molecule has 1 fully saturated rings. The summed E-state index contributed by atoms with van der Waals surface area (Å²) in [6.45, 7) is 0. The Morgan fingerprint density at radius 2 is 2.12 bits per heavy atom. The second-order valence-electron chi connectivity index (χ2n) is 4.01. The molecule has 0 radical (unpaired) electrons. The number of alkyl halides is 2. The number of halogens is 2. The lowest BCUT2D eigenvalue weighted by Crippen LogP contribution is -2.02. The highest BCUT2D eigenvalue weighted by molar-refractivity contribution is 5.58. The molecule has 1 aliphatic rings. The lowest BCUT2D eigenvalue weighted by atomic mass is 10.2. The Labute approximate surface area is 96.4 Å². The van der Waals surface area contributed by atoms with Gasteiger partial charge < -0.3 is 4.57 Å². The number of rotatable bonds is 3. The predicted molar refractivity (Wildman–Crippen MR) is 56.5 cm³/mol. The molecule has 3 rings (SSSR count). The van der Waals surface area contributed by atoms with Crippen molar-refractivity contribution in [3.05, 3.63) is 30.6 Å². The summed E-state index contributed by atoms with van der Waals surface area (Å²) in [4.78, 5) is 11.6. The van der Waals surface area contributed by atoms with Crippen molar-refractivity contribution < 1.29 is 8.78 Å². The van der Waals surface area contributed by atoms with Crippen molar-refractivity contribution in [2.45, 2.75) is 25.3 Å². The van der Waals surface area contributed by atoms with Crippen LogP contribution in [0.2, 0.25) is 0 Å². The zero-order valence-corrected chi connectivity index (χ0v) is 8.92. The van der Waals surface area contributed by atoms with E-state index in [1.807, 2.05) is 10.8 Å². The van der Waals surface area contributed by atoms with E-state index >= 15 is 0 Å². The highest BCUT2D eigenvalue weighted by Crippen LogP contribution is 2.38. The molecule has 0 spiro atoms. The summed E-state index contributed by atoms with van der Waals surface area (Å²) in [7, 11) is 0. The van der Waals surface area contributed by atoms with Gasteiger partial charge in [0.1, 0.15) is 17.8 Å². The van der Waals surface area contributed by atoms with Gasteiger partial charge in [0.2, 0.25) is 0 Å². The maximum atomic E-state index is 12.8. The van der Waals surface area contributed by atoms with Crippen molar-refractivity contribution in [3.63, 3.8) is 0 Å². The summed E-state index contributed by atoms with van der Waals surface area (Å²) in [5, 5.41) is 0. The predicted octanol–water partition coefficient (Wildman–Crippen LogP) is 2.61. The molecule has 0 aliphatic heterocycles. The van der Waals surface area contributed by atoms with E-state index in [2.05, 4.69) is 15.0 Å². The van der Waals surface area contributed by atoms with Gasteiger partial charge in [-0.25, -0.2) is 23.7 Å². The van der Waals surface area contributed by atoms with E-state index in [1.165, 1.54) is 6.20 Å². The maximum absolute atomic E-state index is 12.8. The molecule has 0 unspecified atom stereocenters. The number of nitrogens with zero attached hydrogens (tertiary/aromatic N) is 4. The number of hydrogen-bond acceptors (Lipinski definition) is 3. The molecule has 6 heteroatoms. The first-order valence-electron chi connectivity index (χ1n) is 5.38. The van der Waals surface area contributed by atoms with Gasteiger partial charge in [0.05, 0.1) is 5.56 Å². The first-order valence-corrected chi connectivity index (χ1v) is 5.38. The Balaban J connectivity index is 2.11. The summed E-state index contributed by atoms with van der Waals surface area (Å²) in [6.07, 6.45) is 5.50. The number of hydrogen-bond donors (Lipinski definition) is 0. The quantitative estimate of drug-likeness (QED) is 0.822. The zero-order valence-electron chi connectivity index (χ0n) is 8.92. The SMILES string of the molecule is FC(F)c1ncncc1-c1nccn1C1CC1. The molecular weight excluding hydrogens is 226 g/mol. The summed E-state index contributed by atoms with van der Waals surface area (Å²) >= 11 is 0. The lowest BCUT2D eigenvalue weighted by Gasteiger charge is -2.09. The summed E-state index contributed by atoms with van der Waals surface area (Å²) < 4.78 is 27.6. The van der Waals surface area contributed by atoms with Crippen LogP contribution in [-0.2, 0) is 0 Å². The summed E-state index contributed by atoms with van der Waals surface area (Å²) in [6, 6.07) is 0.387. The van der Waals surface area contributed by atoms with E-state index in [0.717, 1.165) is 19.2 Å². The van der Waals surface area contributed by atoms with Crippen LogP contribution in [-0.4, -0.2) is 19.5 Å². The van der Waals surface area contributed by atoms with Crippen LogP contribution in [0.1, 0.15) is 31.0 Å². The Kier molecular flexibility index (Phi) is 2.35. The molecule has 0 amide bonds. The second-order valence-corrected chi connectivity index (χ2v) is 4.01. The zero-order chi connectivity index (χ0) is 11.8. The molecular formula is C11H10F2N4. The van der Waals surface area contributed by atoms with Gasteiger partial charge in [-0.1, -0.05) is 0 Å². The monoisotopic (exact) mass is 236 g/mol. The van der Waals surface area contributed by atoms with Gasteiger partial charge in [-0.2, -0.15) is 0 Å². The number of imidazole rings is 1. The Morgan fingerprint density at radius 3 is 2.82 bits per heavy atom. The van der Waals surface area contributed by atoms with Crippen LogP contribution < -0.4 is 0 Å². The molecule has 88 valence electrons. The molecule has 2 aromatic heterocycles. The van der Waals surface area contributed by atoms with Crippen molar-refractivity contribution in [1.82, 2.24) is 19.5 Å². The molecule has 0 N–H and O–H groups in total. The van der Waals surface area contributed by atoms with E-state index in [9.17, 15) is 8.78 Å². The van der Waals surface area contributed by atoms with Crippen LogP contribution >= 0.6 is 0 Å². The van der Waals surface area contributed by atoms with Gasteiger partial charge in [-0.15, -0.1) is 0 Å². The molecule has 0 bridgehead atoms. The van der Waals surface area contributed by atoms with Crippen LogP contribution in [0.5, 0.6) is 0 Å². The highest BCUT2D eigenvalue weighted by Gasteiger charge is 2.28. The first-order chi connectivity index (χ1) is 8.27. The Hall–Kier alpha value is -1.85. The molecule has 2 aromatic rings. The Bertz CT molecular complexity index is 534. The van der Waals surface area contributed by atoms with Gasteiger partial charge in [0.15, 0.2) is 0 Å². The van der Waals surface area contributed by atoms with E-state index in [-0.39, 0.29) is 5.69 Å². The largest absolute Gasteiger partial charge is 0.328 e. The fourth-order valence-corrected chi connectivity index (χ4v) is 1.85. The standard InChI is InChI=1S/C11H10F2N4/c12-10(13)9-8(5-14-6-16-9)11-15-3-4-17(11)7-1-2-7/h3-7,10H,1-2H2. The van der Waals surface area contributed by atoms with Gasteiger partial charge in [-0.3, -0.25) is 0 Å². The van der Waals surface area contributed by atoms with Crippen molar-refractivity contribution in [2.24, 2.45) is 0 Å². The summed E-state index contributed by atoms with van der Waals surface area (Å²) in [5.41, 5.74) is 0.0625. The smallest absolute Gasteiger partial charge is 0.281 e. The third-order valence-electron chi connectivity index (χ3n) is 2.80. The fraction of sp³-hybridized carbons (Fsp3) is 0.364. The lowest BCUT2D eigenvalue weighted by molar-refractivity contribution is 0.146. The minimum Gasteiger partial charge on any atom is -0.328 e. The highest BCUT2D eigenvalue weighted by atomic mass is 19.3. The minimum atomic E-state index is -2.61. The average molecular weight is 236 g/mol. The van der Waals surface area contributed by atoms with Crippen LogP contribution in [0.25, 0.3) is 11.4 Å². The fourth-order valence-electron chi connectivity index (χ4n) is 1.85. The molecule has 1 aliphatic carbocycles. The third kappa shape index (κ3) is 1.79. The van der Waals surface area contributed by atoms with Gasteiger partial charge in [0.25, 0.3) is 6.43 Å². The third-order valence-corrected chi connectivity index (χ3v) is 2.80. The molecule has 17 heavy (non-hydrogen) atoms. The molecule has 1 saturated carbocycles. The topological polar surface area (TPSA) is 43.6 Å². The van der Waals surface area contributed by atoms with Crippen molar-refractivity contribution in [3.8, 4) is 11.4 Å². The normalized spacial score (nSPS) is 15.5. The first kappa shape index (κ1) is 10.3. The molecule has 4 nitrogen and oxygen atoms in total. The van der Waals surface area contributed by atoms with E-state index in [1.54, 1.807) is 6.20 Å². The van der Waals surface area contributed by atoms with Gasteiger partial charge in [0, 0.05) is 24.6 Å². The van der Waals surface area contributed by atoms with Crippen LogP contribution in [0, 0.1) is 0 Å². The average Bonchev–Trinajstić information content (AvgIpc) is 3.07. The number of aromatic nitrogens is 4. The van der Waals surface area contributed by atoms with Crippen LogP contribution in [0.4, 0.5) is 8.78 Å². The molecule has 2 heterocycles. The van der Waals surface area contributed by atoms with Crippen molar-refractivity contribution in [2.75, 3.05) is 0 Å². The second kappa shape index (κ2) is 3.87. The minimum absolute atomic E-state index is 0.256. The molecule has 0 saturated heterocycles. The maximum Gasteiger partial charge on any atom is 0.281 e. The molecule has 0 atom stereocenters. The van der Waals surface area contributed by atoms with E-state index in [4.69, 9.17) is 0 Å². The Morgan fingerprint density at radius 1 is 1.29 bits per heavy atom. The van der Waals surface area contributed by atoms with Crippen LogP contribution in [0.3, 0.4) is 0 Å². The van der Waals surface area contributed by atoms with Gasteiger partial charge in [-0.05, 0) is 12.8 Å². The van der Waals surface area contributed by atoms with Crippen LogP contribution in [0.15, 0.2) is 24.9 Å². The molecule has 0 aromatic carbocycles. The van der Waals surface area contributed by atoms with E-state index in [0.29, 0.717) is 17.4 Å².